The monoisotopic (exact) mass is 401 g/mol. The highest BCUT2D eigenvalue weighted by Gasteiger charge is 2.19. The Morgan fingerprint density at radius 2 is 1.79 bits per heavy atom. The molecule has 2 amide bonds. The molecular weight excluding hydrogens is 374 g/mol. The van der Waals surface area contributed by atoms with Gasteiger partial charge >= 0.3 is 0 Å². The van der Waals surface area contributed by atoms with Gasteiger partial charge < -0.3 is 14.8 Å². The summed E-state index contributed by atoms with van der Waals surface area (Å²) in [5.74, 6) is -0.509. The number of rotatable bonds is 8. The number of nitrogens with one attached hydrogen (secondary N) is 1. The largest absolute Gasteiger partial charge is 0.339 e. The molecule has 150 valence electrons. The maximum Gasteiger partial charge on any atom is 0.274 e. The van der Waals surface area contributed by atoms with E-state index in [4.69, 9.17) is 0 Å². The van der Waals surface area contributed by atoms with Gasteiger partial charge in [-0.3, -0.25) is 14.4 Å². The summed E-state index contributed by atoms with van der Waals surface area (Å²) in [5, 5.41) is 2.68. The second-order valence-electron chi connectivity index (χ2n) is 6.51. The fraction of sp³-hybridized carbons (Fsp3) is 0.381. The number of anilines is 1. The first-order valence-electron chi connectivity index (χ1n) is 9.37. The second kappa shape index (κ2) is 10.1. The zero-order valence-electron chi connectivity index (χ0n) is 16.8. The molecule has 2 rings (SSSR count). The van der Waals surface area contributed by atoms with E-state index in [9.17, 15) is 14.4 Å². The van der Waals surface area contributed by atoms with E-state index >= 15 is 0 Å². The summed E-state index contributed by atoms with van der Waals surface area (Å²) in [5.41, 5.74) is 0.621. The van der Waals surface area contributed by atoms with E-state index in [2.05, 4.69) is 5.32 Å². The quantitative estimate of drug-likeness (QED) is 0.686. The first-order valence-corrected chi connectivity index (χ1v) is 10.6. The Labute approximate surface area is 169 Å². The fourth-order valence-corrected chi connectivity index (χ4v) is 3.57. The van der Waals surface area contributed by atoms with Gasteiger partial charge in [0.05, 0.1) is 11.1 Å². The van der Waals surface area contributed by atoms with Crippen LogP contribution in [0.4, 0.5) is 5.69 Å². The second-order valence-corrected chi connectivity index (χ2v) is 7.35. The van der Waals surface area contributed by atoms with Crippen molar-refractivity contribution in [2.24, 2.45) is 7.05 Å². The summed E-state index contributed by atoms with van der Waals surface area (Å²) in [6.45, 7) is 5.34. The Balaban J connectivity index is 2.36. The van der Waals surface area contributed by atoms with Crippen molar-refractivity contribution in [3.8, 4) is 0 Å². The number of hydrogen-bond acceptors (Lipinski definition) is 4. The smallest absolute Gasteiger partial charge is 0.274 e. The molecule has 0 bridgehead atoms. The molecule has 1 heterocycles. The van der Waals surface area contributed by atoms with Crippen LogP contribution in [0.1, 0.15) is 47.4 Å². The number of thioether (sulfide) groups is 1. The van der Waals surface area contributed by atoms with Crippen LogP contribution in [0.25, 0.3) is 0 Å². The number of carbonyl (C=O) groups is 2. The molecule has 0 aliphatic rings. The van der Waals surface area contributed by atoms with Gasteiger partial charge in [0, 0.05) is 31.2 Å². The Kier molecular flexibility index (Phi) is 7.87. The summed E-state index contributed by atoms with van der Waals surface area (Å²) >= 11 is 1.46. The lowest BCUT2D eigenvalue weighted by molar-refractivity contribution is 0.0754. The zero-order valence-corrected chi connectivity index (χ0v) is 17.6. The summed E-state index contributed by atoms with van der Waals surface area (Å²) < 4.78 is 1.33. The van der Waals surface area contributed by atoms with E-state index in [1.807, 2.05) is 32.2 Å². The molecule has 0 atom stereocenters. The number of amides is 2. The van der Waals surface area contributed by atoms with Crippen LogP contribution in [0.15, 0.2) is 46.2 Å². The third kappa shape index (κ3) is 5.04. The normalized spacial score (nSPS) is 10.6. The van der Waals surface area contributed by atoms with Gasteiger partial charge in [-0.2, -0.15) is 0 Å². The van der Waals surface area contributed by atoms with Crippen molar-refractivity contribution >= 4 is 29.3 Å². The minimum Gasteiger partial charge on any atom is -0.339 e. The Bertz CT molecular complexity index is 902. The number of carbonyl (C=O) groups excluding carboxylic acids is 2. The van der Waals surface area contributed by atoms with E-state index < -0.39 is 0 Å². The molecule has 1 aromatic heterocycles. The molecule has 7 heteroatoms. The molecule has 2 aromatic rings. The van der Waals surface area contributed by atoms with E-state index in [-0.39, 0.29) is 23.1 Å². The highest BCUT2D eigenvalue weighted by atomic mass is 32.2. The highest BCUT2D eigenvalue weighted by Crippen LogP contribution is 2.21. The third-order valence-corrected chi connectivity index (χ3v) is 5.10. The minimum absolute atomic E-state index is 0.0993. The average Bonchev–Trinajstić information content (AvgIpc) is 2.70. The van der Waals surface area contributed by atoms with Crippen molar-refractivity contribution in [1.82, 2.24) is 9.47 Å². The minimum atomic E-state index is -0.370. The van der Waals surface area contributed by atoms with Crippen LogP contribution in [-0.2, 0) is 7.05 Å². The molecule has 0 aliphatic carbocycles. The van der Waals surface area contributed by atoms with Gasteiger partial charge in [0.2, 0.25) is 0 Å². The lowest BCUT2D eigenvalue weighted by Crippen LogP contribution is -2.34. The molecule has 0 aliphatic heterocycles. The third-order valence-electron chi connectivity index (χ3n) is 4.30. The summed E-state index contributed by atoms with van der Waals surface area (Å²) in [6, 6.07) is 8.68. The molecule has 0 spiro atoms. The van der Waals surface area contributed by atoms with E-state index in [1.54, 1.807) is 24.1 Å². The number of benzene rings is 1. The molecule has 1 N–H and O–H groups in total. The van der Waals surface area contributed by atoms with E-state index in [0.29, 0.717) is 24.2 Å². The molecule has 0 radical (unpaired) electrons. The zero-order chi connectivity index (χ0) is 20.7. The van der Waals surface area contributed by atoms with Crippen LogP contribution in [0, 0.1) is 0 Å². The first-order chi connectivity index (χ1) is 13.4. The molecule has 0 unspecified atom stereocenters. The number of hydrogen-bond donors (Lipinski definition) is 1. The van der Waals surface area contributed by atoms with Gasteiger partial charge in [-0.05, 0) is 37.3 Å². The number of aromatic nitrogens is 1. The summed E-state index contributed by atoms with van der Waals surface area (Å²) in [6.07, 6.45) is 5.12. The van der Waals surface area contributed by atoms with E-state index in [1.165, 1.54) is 28.6 Å². The summed E-state index contributed by atoms with van der Waals surface area (Å²) in [7, 11) is 1.58. The Hall–Kier alpha value is -2.54. The fourth-order valence-electron chi connectivity index (χ4n) is 2.98. The van der Waals surface area contributed by atoms with Crippen molar-refractivity contribution in [3.05, 3.63) is 58.0 Å². The molecule has 0 saturated carbocycles. The molecule has 1 aromatic carbocycles. The van der Waals surface area contributed by atoms with Crippen molar-refractivity contribution < 1.29 is 9.59 Å². The molecular formula is C21H27N3O3S. The topological polar surface area (TPSA) is 71.4 Å². The highest BCUT2D eigenvalue weighted by molar-refractivity contribution is 7.98. The standard InChI is InChI=1S/C21H27N3O3S/c1-5-11-24(12-6-2)20(26)15-13-17(21(27)23(3)14-15)22-19(25)16-9-7-8-10-18(16)28-4/h7-10,13-14H,5-6,11-12H2,1-4H3,(H,22,25). The number of nitrogens with zero attached hydrogens (tertiary/aromatic N) is 2. The van der Waals surface area contributed by atoms with Crippen molar-refractivity contribution in [1.29, 1.82) is 0 Å². The van der Waals surface area contributed by atoms with Crippen LogP contribution < -0.4 is 10.9 Å². The van der Waals surface area contributed by atoms with Crippen LogP contribution in [0.5, 0.6) is 0 Å². The average molecular weight is 402 g/mol. The van der Waals surface area contributed by atoms with Crippen molar-refractivity contribution in [2.45, 2.75) is 31.6 Å². The predicted molar refractivity (Wildman–Crippen MR) is 114 cm³/mol. The van der Waals surface area contributed by atoms with Gasteiger partial charge in [-0.25, -0.2) is 0 Å². The van der Waals surface area contributed by atoms with Crippen molar-refractivity contribution in [2.75, 3.05) is 24.7 Å². The van der Waals surface area contributed by atoms with Gasteiger partial charge in [0.25, 0.3) is 17.4 Å². The maximum absolute atomic E-state index is 12.9. The number of pyridine rings is 1. The molecule has 28 heavy (non-hydrogen) atoms. The van der Waals surface area contributed by atoms with Crippen molar-refractivity contribution in [3.63, 3.8) is 0 Å². The first kappa shape index (κ1) is 21.8. The lowest BCUT2D eigenvalue weighted by Gasteiger charge is -2.22. The van der Waals surface area contributed by atoms with Crippen LogP contribution >= 0.6 is 11.8 Å². The van der Waals surface area contributed by atoms with Crippen LogP contribution in [0.2, 0.25) is 0 Å². The molecule has 0 fully saturated rings. The Morgan fingerprint density at radius 3 is 2.39 bits per heavy atom. The van der Waals surface area contributed by atoms with Gasteiger partial charge in [0.15, 0.2) is 0 Å². The van der Waals surface area contributed by atoms with Gasteiger partial charge in [-0.1, -0.05) is 26.0 Å². The predicted octanol–water partition coefficient (Wildman–Crippen LogP) is 3.62. The van der Waals surface area contributed by atoms with Gasteiger partial charge in [0.1, 0.15) is 5.69 Å². The molecule has 0 saturated heterocycles. The van der Waals surface area contributed by atoms with Crippen LogP contribution in [0.3, 0.4) is 0 Å². The number of aryl methyl sites for hydroxylation is 1. The molecule has 6 nitrogen and oxygen atoms in total. The van der Waals surface area contributed by atoms with E-state index in [0.717, 1.165) is 17.7 Å². The summed E-state index contributed by atoms with van der Waals surface area (Å²) in [4.78, 5) is 40.7. The van der Waals surface area contributed by atoms with Gasteiger partial charge in [-0.15, -0.1) is 11.8 Å². The SMILES string of the molecule is CCCN(CCC)C(=O)c1cc(NC(=O)c2ccccc2SC)c(=O)n(C)c1. The lowest BCUT2D eigenvalue weighted by atomic mass is 10.2. The Morgan fingerprint density at radius 1 is 1.14 bits per heavy atom. The maximum atomic E-state index is 12.9. The van der Waals surface area contributed by atoms with Crippen LogP contribution in [-0.4, -0.2) is 40.6 Å².